The average Bonchev–Trinajstić information content (AvgIpc) is 1.74. The monoisotopic (exact) mass is 1480 g/mol. The summed E-state index contributed by atoms with van der Waals surface area (Å²) < 4.78 is 0. The largest absolute Gasteiger partial charge is 0.508 e. The SMILES string of the molecule is CSCC[C@H](NC(=O)[C@@H](N)[C@@H](C)O)C(=O)NCC(=O)N[C@@H](Cc1ccccc1)C(=O)N[C@@H](CCCN=C(N)N)C(=O)N[C@@H](C)C(=O)N1CCC[C@H]1C(=O)N[C@@H](CCCN=C(N)N)C(=O)N[C@@H](Cc1ccccc1)C(=O)N1CCC[C@H]1C(=O)N[C@@H](Cc1cnc[nH]1)C(=O)N[C@@H](Cc1ccc(O)cc1)C(=O)O. The molecule has 3 heterocycles. The molecule has 4 aromatic rings. The van der Waals surface area contributed by atoms with E-state index in [4.69, 9.17) is 28.7 Å². The predicted octanol–water partition coefficient (Wildman–Crippen LogP) is -3.96. The number of thioether (sulfide) groups is 1. The molecule has 0 aliphatic carbocycles. The van der Waals surface area contributed by atoms with Gasteiger partial charge in [-0.05, 0) is 112 Å². The maximum absolute atomic E-state index is 15.1. The van der Waals surface area contributed by atoms with Crippen molar-refractivity contribution < 1.29 is 72.9 Å². The lowest BCUT2D eigenvalue weighted by atomic mass is 10.0. The number of carboxylic acid groups (broad SMARTS) is 1. The molecule has 23 N–H and O–H groups in total. The van der Waals surface area contributed by atoms with Gasteiger partial charge in [-0.2, -0.15) is 11.8 Å². The van der Waals surface area contributed by atoms with Gasteiger partial charge in [-0.1, -0.05) is 72.8 Å². The number of rotatable bonds is 41. The first-order valence-corrected chi connectivity index (χ1v) is 35.9. The number of benzene rings is 3. The van der Waals surface area contributed by atoms with Crippen LogP contribution < -0.4 is 76.5 Å². The van der Waals surface area contributed by atoms with Gasteiger partial charge in [0.15, 0.2) is 11.9 Å². The maximum atomic E-state index is 15.1. The van der Waals surface area contributed by atoms with Gasteiger partial charge in [-0.25, -0.2) is 9.78 Å². The van der Waals surface area contributed by atoms with E-state index in [2.05, 4.69) is 67.8 Å². The van der Waals surface area contributed by atoms with Crippen LogP contribution in [0.5, 0.6) is 5.75 Å². The number of amides is 11. The molecular formula is C69H98N20O15S. The standard InChI is InChI=1S/C69H98N20O15S/c1-39(80-58(94)46(18-10-27-76-68(71)72)82-60(96)49(32-41-14-6-4-7-15-41)81-55(92)37-78-57(93)48(26-31-105-3)84-64(100)56(70)40(2)90)65(101)88-29-12-20-53(88)62(98)83-47(19-11-28-77-69(73)74)59(95)86-51(33-42-16-8-5-9-17-42)66(102)89-30-13-21-54(89)63(99)85-50(35-44-36-75-38-79-44)61(97)87-52(67(103)104)34-43-22-24-45(91)25-23-43/h4-9,14-17,22-25,36,38-40,46-54,56,90-91H,10-13,18-21,26-35,37,70H2,1-3H3,(H,75,79)(H,78,93)(H,80,94)(H,81,92)(H,82,96)(H,83,98)(H,84,100)(H,85,99)(H,86,95)(H,87,97)(H,103,104)(H4,71,72,76)(H4,73,74,77)/t39-,40+,46-,47-,48-,49-,50-,51-,52-,53-,54-,56-/m0/s1. The molecule has 1 aromatic heterocycles. The fraction of sp³-hybridized carbons (Fsp3) is 0.493. The van der Waals surface area contributed by atoms with Gasteiger partial charge in [0.1, 0.15) is 72.2 Å². The molecule has 0 unspecified atom stereocenters. The summed E-state index contributed by atoms with van der Waals surface area (Å²) in [5.74, 6) is -10.1. The Hall–Kier alpha value is -10.9. The lowest BCUT2D eigenvalue weighted by molar-refractivity contribution is -0.144. The van der Waals surface area contributed by atoms with E-state index in [0.29, 0.717) is 41.0 Å². The number of imidazole rings is 1. The number of nitrogens with one attached hydrogen (secondary N) is 10. The number of nitrogens with zero attached hydrogens (tertiary/aromatic N) is 5. The van der Waals surface area contributed by atoms with Gasteiger partial charge in [-0.3, -0.25) is 62.7 Å². The smallest absolute Gasteiger partial charge is 0.326 e. The van der Waals surface area contributed by atoms with E-state index in [0.717, 1.165) is 0 Å². The van der Waals surface area contributed by atoms with Crippen LogP contribution in [0.1, 0.15) is 94.0 Å². The molecule has 11 amide bonds. The van der Waals surface area contributed by atoms with Crippen LogP contribution in [0.3, 0.4) is 0 Å². The number of aliphatic imine (C=N–C) groups is 2. The third kappa shape index (κ3) is 27.0. The molecule has 2 saturated heterocycles. The first-order valence-electron chi connectivity index (χ1n) is 34.5. The van der Waals surface area contributed by atoms with Crippen molar-refractivity contribution >= 4 is 94.6 Å². The molecule has 0 bridgehead atoms. The molecule has 3 aromatic carbocycles. The number of aromatic nitrogens is 2. The first kappa shape index (κ1) is 83.1. The minimum atomic E-state index is -1.46. The highest BCUT2D eigenvalue weighted by atomic mass is 32.2. The normalized spacial score (nSPS) is 16.8. The number of carbonyl (C=O) groups excluding carboxylic acids is 11. The van der Waals surface area contributed by atoms with E-state index in [1.54, 1.807) is 66.9 Å². The Balaban J connectivity index is 1.17. The molecular weight excluding hydrogens is 1380 g/mol. The topological polar surface area (TPSA) is 564 Å². The van der Waals surface area contributed by atoms with Gasteiger partial charge in [0.2, 0.25) is 65.0 Å². The molecule has 0 radical (unpaired) electrons. The van der Waals surface area contributed by atoms with Gasteiger partial charge < -0.3 is 107 Å². The lowest BCUT2D eigenvalue weighted by Gasteiger charge is -2.31. The van der Waals surface area contributed by atoms with Crippen molar-refractivity contribution in [1.82, 2.24) is 67.6 Å². The number of phenolic OH excluding ortho intramolecular Hbond substituents is 1. The van der Waals surface area contributed by atoms with Crippen molar-refractivity contribution in [1.29, 1.82) is 0 Å². The summed E-state index contributed by atoms with van der Waals surface area (Å²) in [6, 6.07) is 8.48. The van der Waals surface area contributed by atoms with Gasteiger partial charge >= 0.3 is 5.97 Å². The number of aliphatic carboxylic acids is 1. The van der Waals surface area contributed by atoms with E-state index in [1.165, 1.54) is 72.2 Å². The Morgan fingerprint density at radius 3 is 1.54 bits per heavy atom. The highest BCUT2D eigenvalue weighted by molar-refractivity contribution is 7.98. The van der Waals surface area contributed by atoms with Gasteiger partial charge in [0, 0.05) is 63.8 Å². The fourth-order valence-electron chi connectivity index (χ4n) is 11.9. The number of likely N-dealkylation sites (tertiary alicyclic amines) is 2. The van der Waals surface area contributed by atoms with Crippen molar-refractivity contribution in [2.24, 2.45) is 38.7 Å². The minimum Gasteiger partial charge on any atom is -0.508 e. The predicted molar refractivity (Wildman–Crippen MR) is 388 cm³/mol. The van der Waals surface area contributed by atoms with Crippen LogP contribution in [-0.2, 0) is 83.2 Å². The van der Waals surface area contributed by atoms with E-state index in [1.807, 2.05) is 0 Å². The second-order valence-corrected chi connectivity index (χ2v) is 26.6. The first-order chi connectivity index (χ1) is 50.1. The lowest BCUT2D eigenvalue weighted by Crippen LogP contribution is -2.60. The molecule has 0 saturated carbocycles. The molecule has 0 spiro atoms. The van der Waals surface area contributed by atoms with E-state index >= 15 is 4.79 Å². The number of nitrogens with two attached hydrogens (primary N) is 5. The number of carboxylic acids is 1. The van der Waals surface area contributed by atoms with Crippen LogP contribution in [0.25, 0.3) is 0 Å². The van der Waals surface area contributed by atoms with E-state index < -0.39 is 150 Å². The average molecular weight is 1480 g/mol. The molecule has 6 rings (SSSR count). The van der Waals surface area contributed by atoms with E-state index in [9.17, 15) is 68.1 Å². The van der Waals surface area contributed by atoms with Crippen molar-refractivity contribution in [2.75, 3.05) is 44.7 Å². The Morgan fingerprint density at radius 2 is 1.02 bits per heavy atom. The van der Waals surface area contributed by atoms with Crippen LogP contribution in [0.15, 0.2) is 107 Å². The zero-order valence-corrected chi connectivity index (χ0v) is 59.7. The number of aromatic amines is 1. The molecule has 36 heteroatoms. The number of guanidine groups is 2. The Labute approximate surface area is 611 Å². The summed E-state index contributed by atoms with van der Waals surface area (Å²) in [5, 5.41) is 53.6. The van der Waals surface area contributed by atoms with Crippen molar-refractivity contribution in [3.63, 3.8) is 0 Å². The molecule has 105 heavy (non-hydrogen) atoms. The third-order valence-corrected chi connectivity index (χ3v) is 18.1. The number of phenols is 1. The Bertz CT molecular complexity index is 3640. The van der Waals surface area contributed by atoms with Crippen LogP contribution in [0.2, 0.25) is 0 Å². The summed E-state index contributed by atoms with van der Waals surface area (Å²) in [4.78, 5) is 186. The highest BCUT2D eigenvalue weighted by Crippen LogP contribution is 2.23. The molecule has 570 valence electrons. The number of H-pyrrole nitrogens is 1. The van der Waals surface area contributed by atoms with Crippen LogP contribution >= 0.6 is 11.8 Å². The van der Waals surface area contributed by atoms with Gasteiger partial charge in [0.05, 0.1) is 19.0 Å². The second-order valence-electron chi connectivity index (χ2n) is 25.6. The summed E-state index contributed by atoms with van der Waals surface area (Å²) in [7, 11) is 0. The fourth-order valence-corrected chi connectivity index (χ4v) is 12.3. The summed E-state index contributed by atoms with van der Waals surface area (Å²) >= 11 is 1.40. The quantitative estimate of drug-likeness (QED) is 0.0114. The second kappa shape index (κ2) is 42.0. The molecule has 2 aliphatic rings. The molecule has 2 fully saturated rings. The maximum Gasteiger partial charge on any atom is 0.326 e. The number of aliphatic hydroxyl groups is 1. The van der Waals surface area contributed by atoms with Crippen LogP contribution in [-0.4, -0.2) is 235 Å². The summed E-state index contributed by atoms with van der Waals surface area (Å²) in [6.07, 6.45) is 3.96. The van der Waals surface area contributed by atoms with E-state index in [-0.39, 0.29) is 114 Å². The van der Waals surface area contributed by atoms with Gasteiger partial charge in [0.25, 0.3) is 0 Å². The number of aromatic hydroxyl groups is 1. The van der Waals surface area contributed by atoms with Crippen LogP contribution in [0.4, 0.5) is 0 Å². The molecule has 12 atom stereocenters. The zero-order chi connectivity index (χ0) is 76.7. The zero-order valence-electron chi connectivity index (χ0n) is 58.9. The molecule has 35 nitrogen and oxygen atoms in total. The number of carbonyl (C=O) groups is 12. The van der Waals surface area contributed by atoms with Crippen LogP contribution in [0, 0.1) is 0 Å². The van der Waals surface area contributed by atoms with Gasteiger partial charge in [-0.15, -0.1) is 0 Å². The minimum absolute atomic E-state index is 0.0164. The molecule has 2 aliphatic heterocycles. The summed E-state index contributed by atoms with van der Waals surface area (Å²) in [5.41, 5.74) is 30.3. The van der Waals surface area contributed by atoms with Crippen molar-refractivity contribution in [3.8, 4) is 5.75 Å². The Morgan fingerprint density at radius 1 is 0.562 bits per heavy atom. The van der Waals surface area contributed by atoms with Crippen molar-refractivity contribution in [2.45, 2.75) is 170 Å². The van der Waals surface area contributed by atoms with Crippen molar-refractivity contribution in [3.05, 3.63) is 120 Å². The number of hydrogen-bond donors (Lipinski definition) is 18. The summed E-state index contributed by atoms with van der Waals surface area (Å²) in [6.45, 7) is 2.18. The Kier molecular flexibility index (Phi) is 33.3. The number of aliphatic hydroxyl groups excluding tert-OH is 1. The highest BCUT2D eigenvalue weighted by Gasteiger charge is 2.42. The third-order valence-electron chi connectivity index (χ3n) is 17.5. The number of hydrogen-bond acceptors (Lipinski definition) is 19.